The largest absolute Gasteiger partial charge is 0.379 e. The Labute approximate surface area is 91.8 Å². The summed E-state index contributed by atoms with van der Waals surface area (Å²) in [6.45, 7) is 6.81. The fourth-order valence-corrected chi connectivity index (χ4v) is 1.17. The summed E-state index contributed by atoms with van der Waals surface area (Å²) in [6.07, 6.45) is 4.49. The van der Waals surface area contributed by atoms with Gasteiger partial charge in [-0.2, -0.15) is 0 Å². The minimum absolute atomic E-state index is 0.725. The molecular weight excluding hydrogens is 190 g/mol. The summed E-state index contributed by atoms with van der Waals surface area (Å²) in [4.78, 5) is 4.06. The molecule has 0 aromatic heterocycles. The van der Waals surface area contributed by atoms with Gasteiger partial charge in [-0.05, 0) is 18.8 Å². The van der Waals surface area contributed by atoms with E-state index >= 15 is 0 Å². The van der Waals surface area contributed by atoms with Gasteiger partial charge in [-0.1, -0.05) is 6.08 Å². The molecule has 1 saturated carbocycles. The Bertz CT molecular complexity index is 212. The Balaban J connectivity index is 1.93. The molecule has 1 rings (SSSR count). The van der Waals surface area contributed by atoms with Crippen molar-refractivity contribution >= 4 is 5.96 Å². The van der Waals surface area contributed by atoms with Gasteiger partial charge in [-0.25, -0.2) is 0 Å². The van der Waals surface area contributed by atoms with Crippen LogP contribution in [0.1, 0.15) is 12.8 Å². The summed E-state index contributed by atoms with van der Waals surface area (Å²) in [7, 11) is 1.75. The lowest BCUT2D eigenvalue weighted by molar-refractivity contribution is 0.129. The van der Waals surface area contributed by atoms with Crippen molar-refractivity contribution in [1.82, 2.24) is 10.6 Å². The molecule has 0 atom stereocenters. The van der Waals surface area contributed by atoms with Crippen LogP contribution in [0.15, 0.2) is 17.6 Å². The zero-order chi connectivity index (χ0) is 10.9. The first-order valence-corrected chi connectivity index (χ1v) is 5.50. The molecule has 1 aliphatic rings. The van der Waals surface area contributed by atoms with Crippen LogP contribution in [0, 0.1) is 5.92 Å². The maximum Gasteiger partial charge on any atom is 0.191 e. The first-order valence-electron chi connectivity index (χ1n) is 5.50. The summed E-state index contributed by atoms with van der Waals surface area (Å²) < 4.78 is 5.49. The number of ether oxygens (including phenoxy) is 1. The molecule has 4 heteroatoms. The lowest BCUT2D eigenvalue weighted by atomic mass is 10.5. The maximum absolute atomic E-state index is 5.49. The molecule has 0 aromatic rings. The summed E-state index contributed by atoms with van der Waals surface area (Å²) in [5.41, 5.74) is 0. The van der Waals surface area contributed by atoms with Crippen molar-refractivity contribution in [2.24, 2.45) is 10.9 Å². The van der Waals surface area contributed by atoms with Crippen LogP contribution in [0.3, 0.4) is 0 Å². The SMILES string of the molecule is C=CCNC(=NC)NCCOCC1CC1. The highest BCUT2D eigenvalue weighted by molar-refractivity contribution is 5.79. The monoisotopic (exact) mass is 211 g/mol. The number of hydrogen-bond donors (Lipinski definition) is 2. The van der Waals surface area contributed by atoms with Gasteiger partial charge < -0.3 is 15.4 Å². The normalized spacial score (nSPS) is 16.2. The van der Waals surface area contributed by atoms with E-state index in [-0.39, 0.29) is 0 Å². The zero-order valence-electron chi connectivity index (χ0n) is 9.46. The van der Waals surface area contributed by atoms with Crippen molar-refractivity contribution < 1.29 is 4.74 Å². The van der Waals surface area contributed by atoms with E-state index in [1.54, 1.807) is 13.1 Å². The maximum atomic E-state index is 5.49. The molecule has 2 N–H and O–H groups in total. The van der Waals surface area contributed by atoms with E-state index in [4.69, 9.17) is 4.74 Å². The molecule has 0 aliphatic heterocycles. The molecular formula is C11H21N3O. The van der Waals surface area contributed by atoms with Crippen LogP contribution in [0.5, 0.6) is 0 Å². The van der Waals surface area contributed by atoms with Gasteiger partial charge in [0.2, 0.25) is 0 Å². The van der Waals surface area contributed by atoms with Crippen LogP contribution < -0.4 is 10.6 Å². The van der Waals surface area contributed by atoms with Crippen molar-refractivity contribution in [3.05, 3.63) is 12.7 Å². The number of rotatable bonds is 7. The summed E-state index contributed by atoms with van der Waals surface area (Å²) in [5, 5.41) is 6.26. The first kappa shape index (κ1) is 12.0. The van der Waals surface area contributed by atoms with Crippen LogP contribution in [0.4, 0.5) is 0 Å². The quantitative estimate of drug-likeness (QED) is 0.283. The van der Waals surface area contributed by atoms with Gasteiger partial charge in [0.25, 0.3) is 0 Å². The van der Waals surface area contributed by atoms with Gasteiger partial charge in [-0.3, -0.25) is 4.99 Å². The minimum Gasteiger partial charge on any atom is -0.379 e. The van der Waals surface area contributed by atoms with Crippen molar-refractivity contribution in [2.45, 2.75) is 12.8 Å². The van der Waals surface area contributed by atoms with Crippen molar-refractivity contribution in [3.8, 4) is 0 Å². The highest BCUT2D eigenvalue weighted by atomic mass is 16.5. The van der Waals surface area contributed by atoms with E-state index < -0.39 is 0 Å². The van der Waals surface area contributed by atoms with Gasteiger partial charge in [-0.15, -0.1) is 6.58 Å². The van der Waals surface area contributed by atoms with Gasteiger partial charge in [0.15, 0.2) is 5.96 Å². The molecule has 0 amide bonds. The molecule has 0 aromatic carbocycles. The standard InChI is InChI=1S/C11H21N3O/c1-3-6-13-11(12-2)14-7-8-15-9-10-4-5-10/h3,10H,1,4-9H2,2H3,(H2,12,13,14). The molecule has 0 saturated heterocycles. The average molecular weight is 211 g/mol. The van der Waals surface area contributed by atoms with Crippen LogP contribution in [0.25, 0.3) is 0 Å². The van der Waals surface area contributed by atoms with Crippen LogP contribution in [-0.4, -0.2) is 39.3 Å². The predicted molar refractivity (Wildman–Crippen MR) is 63.1 cm³/mol. The molecule has 86 valence electrons. The molecule has 1 aliphatic carbocycles. The molecule has 0 radical (unpaired) electrons. The predicted octanol–water partition coefficient (Wildman–Crippen LogP) is 0.764. The number of nitrogens with zero attached hydrogens (tertiary/aromatic N) is 1. The van der Waals surface area contributed by atoms with Crippen molar-refractivity contribution in [2.75, 3.05) is 33.4 Å². The lowest BCUT2D eigenvalue weighted by Crippen LogP contribution is -2.38. The summed E-state index contributed by atoms with van der Waals surface area (Å²) in [5.74, 6) is 1.63. The Morgan fingerprint density at radius 1 is 1.53 bits per heavy atom. The molecule has 4 nitrogen and oxygen atoms in total. The molecule has 0 unspecified atom stereocenters. The van der Waals surface area contributed by atoms with Gasteiger partial charge in [0.1, 0.15) is 0 Å². The fourth-order valence-electron chi connectivity index (χ4n) is 1.17. The molecule has 0 bridgehead atoms. The van der Waals surface area contributed by atoms with E-state index in [9.17, 15) is 0 Å². The highest BCUT2D eigenvalue weighted by Gasteiger charge is 2.20. The number of aliphatic imine (C=N–C) groups is 1. The Morgan fingerprint density at radius 2 is 2.33 bits per heavy atom. The summed E-state index contributed by atoms with van der Waals surface area (Å²) >= 11 is 0. The third kappa shape index (κ3) is 6.12. The van der Waals surface area contributed by atoms with E-state index in [1.807, 2.05) is 0 Å². The van der Waals surface area contributed by atoms with Gasteiger partial charge >= 0.3 is 0 Å². The number of guanidine groups is 1. The Kier molecular flexibility index (Phi) is 5.85. The van der Waals surface area contributed by atoms with E-state index in [1.165, 1.54) is 12.8 Å². The first-order chi connectivity index (χ1) is 7.36. The number of hydrogen-bond acceptors (Lipinski definition) is 2. The van der Waals surface area contributed by atoms with Crippen LogP contribution in [-0.2, 0) is 4.74 Å². The van der Waals surface area contributed by atoms with Gasteiger partial charge in [0, 0.05) is 26.7 Å². The molecule has 0 spiro atoms. The molecule has 15 heavy (non-hydrogen) atoms. The van der Waals surface area contributed by atoms with Crippen molar-refractivity contribution in [3.63, 3.8) is 0 Å². The number of nitrogens with one attached hydrogen (secondary N) is 2. The van der Waals surface area contributed by atoms with Gasteiger partial charge in [0.05, 0.1) is 6.61 Å². The molecule has 1 fully saturated rings. The van der Waals surface area contributed by atoms with E-state index in [0.29, 0.717) is 0 Å². The summed E-state index contributed by atoms with van der Waals surface area (Å²) in [6, 6.07) is 0. The molecule has 0 heterocycles. The highest BCUT2D eigenvalue weighted by Crippen LogP contribution is 2.28. The smallest absolute Gasteiger partial charge is 0.191 e. The Hall–Kier alpha value is -1.03. The fraction of sp³-hybridized carbons (Fsp3) is 0.727. The third-order valence-electron chi connectivity index (χ3n) is 2.23. The second-order valence-electron chi connectivity index (χ2n) is 3.69. The average Bonchev–Trinajstić information content (AvgIpc) is 3.06. The topological polar surface area (TPSA) is 45.7 Å². The Morgan fingerprint density at radius 3 is 2.93 bits per heavy atom. The van der Waals surface area contributed by atoms with E-state index in [2.05, 4.69) is 22.2 Å². The van der Waals surface area contributed by atoms with E-state index in [0.717, 1.165) is 38.2 Å². The minimum atomic E-state index is 0.725. The third-order valence-corrected chi connectivity index (χ3v) is 2.23. The lowest BCUT2D eigenvalue weighted by Gasteiger charge is -2.10. The van der Waals surface area contributed by atoms with Crippen LogP contribution in [0.2, 0.25) is 0 Å². The second-order valence-corrected chi connectivity index (χ2v) is 3.69. The van der Waals surface area contributed by atoms with Crippen LogP contribution >= 0.6 is 0 Å². The van der Waals surface area contributed by atoms with Crippen molar-refractivity contribution in [1.29, 1.82) is 0 Å². The zero-order valence-corrected chi connectivity index (χ0v) is 9.46. The second kappa shape index (κ2) is 7.29.